The minimum atomic E-state index is -4.77. The number of carbonyl (C=O) groups excluding carboxylic acids is 1. The third kappa shape index (κ3) is 5.16. The Morgan fingerprint density at radius 3 is 2.41 bits per heavy atom. The Bertz CT molecular complexity index is 826. The lowest BCUT2D eigenvalue weighted by atomic mass is 10.3. The number of alkyl halides is 3. The number of para-hydroxylation sites is 1. The van der Waals surface area contributed by atoms with Crippen LogP contribution in [0, 0.1) is 0 Å². The van der Waals surface area contributed by atoms with Crippen molar-refractivity contribution in [3.05, 3.63) is 54.6 Å². The molecule has 3 rings (SSSR count). The highest BCUT2D eigenvalue weighted by Crippen LogP contribution is 2.30. The molecule has 0 radical (unpaired) electrons. The van der Waals surface area contributed by atoms with Crippen LogP contribution in [0.5, 0.6) is 5.75 Å². The molecule has 142 valence electrons. The van der Waals surface area contributed by atoms with Gasteiger partial charge >= 0.3 is 12.4 Å². The van der Waals surface area contributed by atoms with E-state index >= 15 is 0 Å². The molecule has 1 N–H and O–H groups in total. The van der Waals surface area contributed by atoms with Crippen molar-refractivity contribution in [3.8, 4) is 5.75 Å². The van der Waals surface area contributed by atoms with E-state index in [0.29, 0.717) is 23.1 Å². The molecule has 2 amide bonds. The number of ether oxygens (including phenoxy) is 1. The van der Waals surface area contributed by atoms with E-state index in [1.54, 1.807) is 24.3 Å². The van der Waals surface area contributed by atoms with Gasteiger partial charge in [-0.3, -0.25) is 4.99 Å². The summed E-state index contributed by atoms with van der Waals surface area (Å²) in [5.41, 5.74) is 0.986. The molecule has 0 fully saturated rings. The van der Waals surface area contributed by atoms with Gasteiger partial charge in [-0.2, -0.15) is 0 Å². The number of benzene rings is 2. The normalized spacial score (nSPS) is 16.6. The number of thioether (sulfide) groups is 1. The SMILES string of the molecule is C[C@@H]1CN=C(N(C(=O)Nc2ccccc2)c2ccc(OC(F)(F)F)cc2)S1. The van der Waals surface area contributed by atoms with Crippen LogP contribution in [0.15, 0.2) is 59.6 Å². The van der Waals surface area contributed by atoms with Crippen molar-refractivity contribution in [2.24, 2.45) is 4.99 Å². The number of urea groups is 1. The molecule has 0 unspecified atom stereocenters. The molecule has 0 spiro atoms. The van der Waals surface area contributed by atoms with Gasteiger partial charge in [0.1, 0.15) is 5.75 Å². The molecule has 2 aromatic rings. The van der Waals surface area contributed by atoms with Crippen molar-refractivity contribution in [1.29, 1.82) is 0 Å². The van der Waals surface area contributed by atoms with Gasteiger partial charge in [0, 0.05) is 10.9 Å². The molecule has 0 aromatic heterocycles. The van der Waals surface area contributed by atoms with Gasteiger partial charge in [-0.05, 0) is 36.4 Å². The predicted octanol–water partition coefficient (Wildman–Crippen LogP) is 5.12. The van der Waals surface area contributed by atoms with Gasteiger partial charge in [0.2, 0.25) is 0 Å². The molecule has 0 saturated heterocycles. The second-order valence-electron chi connectivity index (χ2n) is 5.73. The second-order valence-corrected chi connectivity index (χ2v) is 7.13. The van der Waals surface area contributed by atoms with E-state index in [1.807, 2.05) is 13.0 Å². The van der Waals surface area contributed by atoms with Gasteiger partial charge in [-0.15, -0.1) is 13.2 Å². The largest absolute Gasteiger partial charge is 0.573 e. The maximum atomic E-state index is 12.8. The minimum absolute atomic E-state index is 0.208. The lowest BCUT2D eigenvalue weighted by Crippen LogP contribution is -2.38. The average molecular weight is 395 g/mol. The summed E-state index contributed by atoms with van der Waals surface area (Å²) in [5, 5.41) is 3.46. The number of amidine groups is 1. The van der Waals surface area contributed by atoms with E-state index in [4.69, 9.17) is 0 Å². The number of amides is 2. The molecule has 27 heavy (non-hydrogen) atoms. The summed E-state index contributed by atoms with van der Waals surface area (Å²) in [7, 11) is 0. The number of rotatable bonds is 3. The zero-order valence-electron chi connectivity index (χ0n) is 14.2. The van der Waals surface area contributed by atoms with Crippen LogP contribution >= 0.6 is 11.8 Å². The zero-order chi connectivity index (χ0) is 19.4. The summed E-state index contributed by atoms with van der Waals surface area (Å²) in [5.74, 6) is -0.357. The number of anilines is 2. The fraction of sp³-hybridized carbons (Fsp3) is 0.222. The van der Waals surface area contributed by atoms with E-state index in [-0.39, 0.29) is 11.0 Å². The van der Waals surface area contributed by atoms with Crippen LogP contribution in [-0.4, -0.2) is 29.4 Å². The quantitative estimate of drug-likeness (QED) is 0.785. The first kappa shape index (κ1) is 19.1. The molecule has 1 atom stereocenters. The monoisotopic (exact) mass is 395 g/mol. The van der Waals surface area contributed by atoms with E-state index < -0.39 is 12.4 Å². The Balaban J connectivity index is 1.85. The van der Waals surface area contributed by atoms with Crippen LogP contribution in [-0.2, 0) is 0 Å². The maximum absolute atomic E-state index is 12.8. The Morgan fingerprint density at radius 2 is 1.85 bits per heavy atom. The number of nitrogens with zero attached hydrogens (tertiary/aromatic N) is 2. The predicted molar refractivity (Wildman–Crippen MR) is 100 cm³/mol. The molecule has 1 aliphatic rings. The summed E-state index contributed by atoms with van der Waals surface area (Å²) in [4.78, 5) is 18.5. The first-order valence-electron chi connectivity index (χ1n) is 8.05. The zero-order valence-corrected chi connectivity index (χ0v) is 15.1. The summed E-state index contributed by atoms with van der Waals surface area (Å²) < 4.78 is 40.9. The average Bonchev–Trinajstić information content (AvgIpc) is 3.02. The van der Waals surface area contributed by atoms with Gasteiger partial charge in [-0.25, -0.2) is 9.69 Å². The molecule has 0 bridgehead atoms. The molecule has 9 heteroatoms. The van der Waals surface area contributed by atoms with Crippen molar-refractivity contribution < 1.29 is 22.7 Å². The van der Waals surface area contributed by atoms with E-state index in [0.717, 1.165) is 12.1 Å². The lowest BCUT2D eigenvalue weighted by Gasteiger charge is -2.23. The number of hydrogen-bond acceptors (Lipinski definition) is 4. The Labute approximate surface area is 158 Å². The van der Waals surface area contributed by atoms with E-state index in [1.165, 1.54) is 28.8 Å². The number of aliphatic imine (C=N–C) groups is 1. The van der Waals surface area contributed by atoms with E-state index in [9.17, 15) is 18.0 Å². The fourth-order valence-electron chi connectivity index (χ4n) is 2.40. The number of halogens is 3. The Hall–Kier alpha value is -2.68. The topological polar surface area (TPSA) is 53.9 Å². The summed E-state index contributed by atoms with van der Waals surface area (Å²) in [6.45, 7) is 2.54. The highest BCUT2D eigenvalue weighted by Gasteiger charge is 2.32. The van der Waals surface area contributed by atoms with Gasteiger partial charge in [0.05, 0.1) is 12.2 Å². The van der Waals surface area contributed by atoms with Crippen LogP contribution in [0.3, 0.4) is 0 Å². The Kier molecular flexibility index (Phi) is 5.59. The van der Waals surface area contributed by atoms with Gasteiger partial charge in [0.15, 0.2) is 5.17 Å². The van der Waals surface area contributed by atoms with Gasteiger partial charge < -0.3 is 10.1 Å². The smallest absolute Gasteiger partial charge is 0.406 e. The van der Waals surface area contributed by atoms with Crippen LogP contribution in [0.25, 0.3) is 0 Å². The summed E-state index contributed by atoms with van der Waals surface area (Å²) >= 11 is 1.43. The third-order valence-corrected chi connectivity index (χ3v) is 4.61. The molecule has 5 nitrogen and oxygen atoms in total. The fourth-order valence-corrected chi connectivity index (χ4v) is 3.35. The third-order valence-electron chi connectivity index (χ3n) is 3.54. The molecule has 0 saturated carbocycles. The van der Waals surface area contributed by atoms with Crippen molar-refractivity contribution in [2.45, 2.75) is 18.5 Å². The molecule has 0 aliphatic carbocycles. The van der Waals surface area contributed by atoms with Crippen molar-refractivity contribution in [3.63, 3.8) is 0 Å². The molecular formula is C18H16F3N3O2S. The van der Waals surface area contributed by atoms with Gasteiger partial charge in [-0.1, -0.05) is 36.9 Å². The summed E-state index contributed by atoms with van der Waals surface area (Å²) in [6, 6.07) is 13.5. The lowest BCUT2D eigenvalue weighted by molar-refractivity contribution is -0.274. The van der Waals surface area contributed by atoms with E-state index in [2.05, 4.69) is 15.0 Å². The second kappa shape index (κ2) is 7.91. The molecule has 1 heterocycles. The standard InChI is InChI=1S/C18H16F3N3O2S/c1-12-11-22-17(27-12)24(16(25)23-13-5-3-2-4-6-13)14-7-9-15(10-8-14)26-18(19,20)21/h2-10,12H,11H2,1H3,(H,23,25)/t12-/m1/s1. The molecule has 1 aliphatic heterocycles. The number of nitrogens with one attached hydrogen (secondary N) is 1. The number of hydrogen-bond donors (Lipinski definition) is 1. The van der Waals surface area contributed by atoms with Crippen molar-refractivity contribution >= 4 is 34.3 Å². The number of carbonyl (C=O) groups is 1. The van der Waals surface area contributed by atoms with Crippen LogP contribution in [0.1, 0.15) is 6.92 Å². The first-order valence-corrected chi connectivity index (χ1v) is 8.93. The van der Waals surface area contributed by atoms with Crippen LogP contribution in [0.4, 0.5) is 29.3 Å². The summed E-state index contributed by atoms with van der Waals surface area (Å²) in [6.07, 6.45) is -4.77. The Morgan fingerprint density at radius 1 is 1.19 bits per heavy atom. The highest BCUT2D eigenvalue weighted by atomic mass is 32.2. The van der Waals surface area contributed by atoms with Crippen molar-refractivity contribution in [1.82, 2.24) is 0 Å². The molecule has 2 aromatic carbocycles. The maximum Gasteiger partial charge on any atom is 0.573 e. The minimum Gasteiger partial charge on any atom is -0.406 e. The van der Waals surface area contributed by atoms with Crippen LogP contribution in [0.2, 0.25) is 0 Å². The molecular weight excluding hydrogens is 379 g/mol. The van der Waals surface area contributed by atoms with Crippen molar-refractivity contribution in [2.75, 3.05) is 16.8 Å². The van der Waals surface area contributed by atoms with Crippen LogP contribution < -0.4 is 15.0 Å². The first-order chi connectivity index (χ1) is 12.8. The van der Waals surface area contributed by atoms with Gasteiger partial charge in [0.25, 0.3) is 0 Å². The highest BCUT2D eigenvalue weighted by molar-refractivity contribution is 8.15.